The lowest BCUT2D eigenvalue weighted by Crippen LogP contribution is -2.47. The lowest BCUT2D eigenvalue weighted by Gasteiger charge is -2.31. The second-order valence-electron chi connectivity index (χ2n) is 8.84. The van der Waals surface area contributed by atoms with Crippen molar-refractivity contribution in [2.75, 3.05) is 4.90 Å². The number of phenols is 1. The summed E-state index contributed by atoms with van der Waals surface area (Å²) in [6.07, 6.45) is 3.91. The molecule has 0 aliphatic heterocycles. The Balaban J connectivity index is 1.47. The van der Waals surface area contributed by atoms with Crippen LogP contribution in [0.2, 0.25) is 0 Å². The Morgan fingerprint density at radius 1 is 1.14 bits per heavy atom. The molecule has 9 nitrogen and oxygen atoms in total. The number of nitrogens with one attached hydrogen (secondary N) is 1. The van der Waals surface area contributed by atoms with Crippen molar-refractivity contribution in [2.45, 2.75) is 44.3 Å². The molecule has 1 aliphatic carbocycles. The highest BCUT2D eigenvalue weighted by atomic mass is 32.1. The highest BCUT2D eigenvalue weighted by molar-refractivity contribution is 7.10. The lowest BCUT2D eigenvalue weighted by atomic mass is 10.1. The van der Waals surface area contributed by atoms with Gasteiger partial charge in [-0.2, -0.15) is 4.80 Å². The molecular weight excluding hydrogens is 495 g/mol. The number of anilines is 1. The zero-order valence-electron chi connectivity index (χ0n) is 19.8. The van der Waals surface area contributed by atoms with Gasteiger partial charge in [0.2, 0.25) is 11.7 Å². The summed E-state index contributed by atoms with van der Waals surface area (Å²) in [4.78, 5) is 30.6. The second kappa shape index (κ2) is 10.9. The molecule has 2 N–H and O–H groups in total. The van der Waals surface area contributed by atoms with Gasteiger partial charge in [0.05, 0.1) is 0 Å². The molecule has 5 rings (SSSR count). The average Bonchev–Trinajstić information content (AvgIpc) is 3.66. The number of phenolic OH excluding ortho intramolecular Hbond substituents is 1. The van der Waals surface area contributed by atoms with E-state index in [4.69, 9.17) is 0 Å². The minimum Gasteiger partial charge on any atom is -0.508 e. The van der Waals surface area contributed by atoms with Gasteiger partial charge in [-0.05, 0) is 65.9 Å². The van der Waals surface area contributed by atoms with Gasteiger partial charge >= 0.3 is 0 Å². The molecule has 1 unspecified atom stereocenters. The summed E-state index contributed by atoms with van der Waals surface area (Å²) in [5.74, 6) is -0.929. The number of rotatable bonds is 8. The molecule has 0 saturated heterocycles. The number of carbonyl (C=O) groups excluding carboxylic acids is 2. The van der Waals surface area contributed by atoms with E-state index in [2.05, 4.69) is 20.7 Å². The second-order valence-corrected chi connectivity index (χ2v) is 9.82. The van der Waals surface area contributed by atoms with E-state index in [9.17, 15) is 19.1 Å². The highest BCUT2D eigenvalue weighted by Crippen LogP contribution is 2.33. The summed E-state index contributed by atoms with van der Waals surface area (Å²) < 4.78 is 13.3. The molecule has 1 saturated carbocycles. The Kier molecular flexibility index (Phi) is 7.22. The fraction of sp³-hybridized carbons (Fsp3) is 0.269. The summed E-state index contributed by atoms with van der Waals surface area (Å²) in [7, 11) is 0. The van der Waals surface area contributed by atoms with Gasteiger partial charge in [0, 0.05) is 28.2 Å². The third-order valence-electron chi connectivity index (χ3n) is 6.23. The number of hydrogen-bond donors (Lipinski definition) is 2. The number of amides is 2. The van der Waals surface area contributed by atoms with Crippen LogP contribution in [0.1, 0.15) is 36.6 Å². The molecule has 0 radical (unpaired) electrons. The number of carbonyl (C=O) groups is 2. The Morgan fingerprint density at radius 3 is 2.62 bits per heavy atom. The van der Waals surface area contributed by atoms with E-state index in [1.807, 2.05) is 17.5 Å². The Bertz CT molecular complexity index is 1370. The number of tetrazole rings is 1. The minimum absolute atomic E-state index is 0.0334. The molecule has 2 amide bonds. The molecule has 1 atom stereocenters. The molecule has 1 fully saturated rings. The van der Waals surface area contributed by atoms with Gasteiger partial charge in [0.15, 0.2) is 0 Å². The fourth-order valence-electron chi connectivity index (χ4n) is 4.47. The maximum absolute atomic E-state index is 13.8. The topological polar surface area (TPSA) is 113 Å². The van der Waals surface area contributed by atoms with Gasteiger partial charge < -0.3 is 10.4 Å². The molecule has 11 heteroatoms. The van der Waals surface area contributed by atoms with E-state index in [-0.39, 0.29) is 35.9 Å². The van der Waals surface area contributed by atoms with Crippen molar-refractivity contribution >= 4 is 28.8 Å². The predicted octanol–water partition coefficient (Wildman–Crippen LogP) is 4.08. The first-order chi connectivity index (χ1) is 18.0. The monoisotopic (exact) mass is 520 g/mol. The number of nitrogens with zero attached hydrogens (tertiary/aromatic N) is 5. The van der Waals surface area contributed by atoms with Crippen molar-refractivity contribution in [1.82, 2.24) is 25.5 Å². The molecule has 1 aliphatic rings. The Labute approximate surface area is 216 Å². The Hall–Kier alpha value is -4.12. The van der Waals surface area contributed by atoms with Crippen LogP contribution in [-0.4, -0.2) is 43.2 Å². The molecule has 0 spiro atoms. The SMILES string of the molecule is O=C(NC1CCCC1)C(c1cccs1)N(C(=O)Cn1nnc(-c2ccc(F)cc2)n1)c1cccc(O)c1. The third-order valence-corrected chi connectivity index (χ3v) is 7.15. The van der Waals surface area contributed by atoms with Crippen molar-refractivity contribution in [3.8, 4) is 17.1 Å². The zero-order chi connectivity index (χ0) is 25.8. The number of aromatic nitrogens is 4. The largest absolute Gasteiger partial charge is 0.508 e. The molecule has 4 aromatic rings. The van der Waals surface area contributed by atoms with Gasteiger partial charge in [-0.25, -0.2) is 4.39 Å². The summed E-state index contributed by atoms with van der Waals surface area (Å²) in [5.41, 5.74) is 0.918. The maximum atomic E-state index is 13.8. The first-order valence-corrected chi connectivity index (χ1v) is 12.8. The van der Waals surface area contributed by atoms with Crippen molar-refractivity contribution in [2.24, 2.45) is 0 Å². The van der Waals surface area contributed by atoms with Gasteiger partial charge in [0.25, 0.3) is 5.91 Å². The van der Waals surface area contributed by atoms with Crippen LogP contribution < -0.4 is 10.2 Å². The number of halogens is 1. The quantitative estimate of drug-likeness (QED) is 0.362. The zero-order valence-corrected chi connectivity index (χ0v) is 20.6. The van der Waals surface area contributed by atoms with Crippen molar-refractivity contribution < 1.29 is 19.1 Å². The molecule has 190 valence electrons. The highest BCUT2D eigenvalue weighted by Gasteiger charge is 2.35. The van der Waals surface area contributed by atoms with Crippen LogP contribution in [0.3, 0.4) is 0 Å². The molecule has 37 heavy (non-hydrogen) atoms. The molecule has 2 aromatic heterocycles. The van der Waals surface area contributed by atoms with E-state index in [1.165, 1.54) is 52.6 Å². The van der Waals surface area contributed by atoms with Crippen LogP contribution in [0.5, 0.6) is 5.75 Å². The number of benzene rings is 2. The third kappa shape index (κ3) is 5.67. The van der Waals surface area contributed by atoms with E-state index < -0.39 is 11.9 Å². The van der Waals surface area contributed by atoms with Crippen LogP contribution in [0.25, 0.3) is 11.4 Å². The standard InChI is InChI=1S/C26H25FN6O3S/c27-18-12-10-17(11-13-18)25-29-31-32(30-25)16-23(35)33(20-7-3-8-21(34)15-20)24(22-9-4-14-37-22)26(36)28-19-5-1-2-6-19/h3-4,7-15,19,24,34H,1-2,5-6,16H2,(H,28,36). The number of hydrogen-bond acceptors (Lipinski definition) is 7. The van der Waals surface area contributed by atoms with E-state index in [0.29, 0.717) is 16.1 Å². The average molecular weight is 521 g/mol. The number of thiophene rings is 1. The Morgan fingerprint density at radius 2 is 1.92 bits per heavy atom. The molecule has 2 heterocycles. The summed E-state index contributed by atoms with van der Waals surface area (Å²) in [6, 6.07) is 14.6. The maximum Gasteiger partial charge on any atom is 0.251 e. The van der Waals surface area contributed by atoms with E-state index in [1.54, 1.807) is 12.1 Å². The van der Waals surface area contributed by atoms with Crippen molar-refractivity contribution in [1.29, 1.82) is 0 Å². The van der Waals surface area contributed by atoms with E-state index >= 15 is 0 Å². The van der Waals surface area contributed by atoms with Crippen LogP contribution >= 0.6 is 11.3 Å². The van der Waals surface area contributed by atoms with Crippen molar-refractivity contribution in [3.05, 3.63) is 76.7 Å². The van der Waals surface area contributed by atoms with Gasteiger partial charge in [-0.15, -0.1) is 21.5 Å². The first kappa shape index (κ1) is 24.6. The lowest BCUT2D eigenvalue weighted by molar-refractivity contribution is -0.127. The van der Waals surface area contributed by atoms with Gasteiger partial charge in [0.1, 0.15) is 24.2 Å². The fourth-order valence-corrected chi connectivity index (χ4v) is 5.29. The summed E-state index contributed by atoms with van der Waals surface area (Å²) in [6.45, 7) is -0.303. The molecular formula is C26H25FN6O3S. The molecule has 0 bridgehead atoms. The van der Waals surface area contributed by atoms with Crippen LogP contribution in [0.15, 0.2) is 66.0 Å². The van der Waals surface area contributed by atoms with Crippen LogP contribution in [0, 0.1) is 5.82 Å². The first-order valence-electron chi connectivity index (χ1n) is 12.0. The number of aromatic hydroxyl groups is 1. The smallest absolute Gasteiger partial charge is 0.251 e. The summed E-state index contributed by atoms with van der Waals surface area (Å²) >= 11 is 1.37. The minimum atomic E-state index is -0.949. The van der Waals surface area contributed by atoms with E-state index in [0.717, 1.165) is 30.5 Å². The van der Waals surface area contributed by atoms with Gasteiger partial charge in [-0.3, -0.25) is 14.5 Å². The van der Waals surface area contributed by atoms with Gasteiger partial charge in [-0.1, -0.05) is 25.0 Å². The summed E-state index contributed by atoms with van der Waals surface area (Å²) in [5, 5.41) is 27.4. The predicted molar refractivity (Wildman–Crippen MR) is 136 cm³/mol. The van der Waals surface area contributed by atoms with Crippen LogP contribution in [0.4, 0.5) is 10.1 Å². The van der Waals surface area contributed by atoms with Crippen molar-refractivity contribution in [3.63, 3.8) is 0 Å². The normalized spacial score (nSPS) is 14.4. The van der Waals surface area contributed by atoms with Crippen LogP contribution in [-0.2, 0) is 16.1 Å². The molecule has 2 aromatic carbocycles.